The van der Waals surface area contributed by atoms with Gasteiger partial charge < -0.3 is 9.84 Å². The standard InChI is InChI=1S/C17H34O2.C15H30O2/c1-4-5-6-7-8-9-10-11-12-13-14-15-17(18)19-16(2)3;1-13(2)11-9-7-5-6-8-10-12-15(3,4)14(16)17/h16H,4-15H2,1-3H3;13H,5-12H2,1-4H3,(H,16,17). The van der Waals surface area contributed by atoms with Crippen LogP contribution in [0, 0.1) is 11.3 Å². The number of carbonyl (C=O) groups excluding carboxylic acids is 1. The van der Waals surface area contributed by atoms with Crippen LogP contribution in [0.4, 0.5) is 0 Å². The Hall–Kier alpha value is -1.06. The first kappa shape index (κ1) is 37.1. The first-order valence-electron chi connectivity index (χ1n) is 15.5. The van der Waals surface area contributed by atoms with E-state index >= 15 is 0 Å². The van der Waals surface area contributed by atoms with E-state index in [4.69, 9.17) is 9.84 Å². The molecule has 0 fully saturated rings. The second-order valence-electron chi connectivity index (χ2n) is 12.1. The molecule has 0 atom stereocenters. The van der Waals surface area contributed by atoms with Gasteiger partial charge in [0, 0.05) is 6.42 Å². The molecule has 216 valence electrons. The smallest absolute Gasteiger partial charge is 0.309 e. The van der Waals surface area contributed by atoms with Crippen molar-refractivity contribution in [3.05, 3.63) is 0 Å². The molecule has 4 nitrogen and oxygen atoms in total. The van der Waals surface area contributed by atoms with E-state index in [1.54, 1.807) is 0 Å². The minimum atomic E-state index is -0.672. The van der Waals surface area contributed by atoms with E-state index < -0.39 is 11.4 Å². The third-order valence-corrected chi connectivity index (χ3v) is 6.76. The van der Waals surface area contributed by atoms with E-state index in [0.29, 0.717) is 6.42 Å². The zero-order valence-corrected chi connectivity index (χ0v) is 25.5. The molecule has 0 aromatic carbocycles. The number of carbonyl (C=O) groups is 2. The highest BCUT2D eigenvalue weighted by atomic mass is 16.5. The Kier molecular flexibility index (Phi) is 26.4. The van der Waals surface area contributed by atoms with Gasteiger partial charge in [-0.25, -0.2) is 0 Å². The molecular weight excluding hydrogens is 448 g/mol. The lowest BCUT2D eigenvalue weighted by atomic mass is 9.87. The van der Waals surface area contributed by atoms with Crippen molar-refractivity contribution in [3.63, 3.8) is 0 Å². The van der Waals surface area contributed by atoms with Crippen LogP contribution in [0.1, 0.15) is 177 Å². The number of carboxylic acid groups (broad SMARTS) is 1. The molecule has 0 aliphatic heterocycles. The van der Waals surface area contributed by atoms with Gasteiger partial charge in [0.2, 0.25) is 0 Å². The van der Waals surface area contributed by atoms with E-state index in [1.807, 2.05) is 27.7 Å². The summed E-state index contributed by atoms with van der Waals surface area (Å²) >= 11 is 0. The highest BCUT2D eigenvalue weighted by Crippen LogP contribution is 2.24. The molecule has 0 bridgehead atoms. The molecule has 0 aliphatic carbocycles. The van der Waals surface area contributed by atoms with Gasteiger partial charge in [-0.1, -0.05) is 130 Å². The second kappa shape index (κ2) is 25.6. The lowest BCUT2D eigenvalue weighted by Crippen LogP contribution is -2.23. The number of ether oxygens (including phenoxy) is 1. The van der Waals surface area contributed by atoms with Gasteiger partial charge in [-0.2, -0.15) is 0 Å². The molecule has 0 saturated heterocycles. The molecule has 0 aromatic heterocycles. The quantitative estimate of drug-likeness (QED) is 0.109. The average molecular weight is 513 g/mol. The van der Waals surface area contributed by atoms with Crippen LogP contribution in [-0.4, -0.2) is 23.1 Å². The van der Waals surface area contributed by atoms with Crippen LogP contribution in [0.25, 0.3) is 0 Å². The number of rotatable bonds is 23. The maximum Gasteiger partial charge on any atom is 0.309 e. The first-order valence-corrected chi connectivity index (χ1v) is 15.5. The number of hydrogen-bond donors (Lipinski definition) is 1. The fraction of sp³-hybridized carbons (Fsp3) is 0.938. The second-order valence-corrected chi connectivity index (χ2v) is 12.1. The number of unbranched alkanes of at least 4 members (excludes halogenated alkanes) is 15. The molecule has 0 heterocycles. The van der Waals surface area contributed by atoms with Crippen LogP contribution < -0.4 is 0 Å². The van der Waals surface area contributed by atoms with Crippen molar-refractivity contribution in [1.29, 1.82) is 0 Å². The van der Waals surface area contributed by atoms with Crippen LogP contribution >= 0.6 is 0 Å². The largest absolute Gasteiger partial charge is 0.481 e. The van der Waals surface area contributed by atoms with E-state index in [-0.39, 0.29) is 12.1 Å². The van der Waals surface area contributed by atoms with Crippen molar-refractivity contribution < 1.29 is 19.4 Å². The van der Waals surface area contributed by atoms with Gasteiger partial charge in [-0.05, 0) is 46.5 Å². The first-order chi connectivity index (χ1) is 17.0. The monoisotopic (exact) mass is 512 g/mol. The predicted molar refractivity (Wildman–Crippen MR) is 155 cm³/mol. The number of hydrogen-bond acceptors (Lipinski definition) is 3. The summed E-state index contributed by atoms with van der Waals surface area (Å²) in [5.74, 6) is 0.117. The maximum absolute atomic E-state index is 11.3. The van der Waals surface area contributed by atoms with Gasteiger partial charge in [0.25, 0.3) is 0 Å². The Morgan fingerprint density at radius 2 is 1.08 bits per heavy atom. The molecule has 0 radical (unpaired) electrons. The van der Waals surface area contributed by atoms with Crippen LogP contribution in [-0.2, 0) is 14.3 Å². The normalized spacial score (nSPS) is 11.5. The molecule has 0 amide bonds. The van der Waals surface area contributed by atoms with Gasteiger partial charge in [-0.15, -0.1) is 0 Å². The summed E-state index contributed by atoms with van der Waals surface area (Å²) in [5, 5.41) is 8.97. The Morgan fingerprint density at radius 3 is 1.50 bits per heavy atom. The summed E-state index contributed by atoms with van der Waals surface area (Å²) in [6, 6.07) is 0. The van der Waals surface area contributed by atoms with Crippen LogP contribution in [0.3, 0.4) is 0 Å². The third kappa shape index (κ3) is 29.2. The summed E-state index contributed by atoms with van der Waals surface area (Å²) < 4.78 is 5.10. The van der Waals surface area contributed by atoms with Crippen molar-refractivity contribution in [2.45, 2.75) is 183 Å². The molecule has 36 heavy (non-hydrogen) atoms. The molecule has 0 spiro atoms. The van der Waals surface area contributed by atoms with Crippen LogP contribution in [0.2, 0.25) is 0 Å². The van der Waals surface area contributed by atoms with E-state index in [0.717, 1.165) is 25.2 Å². The average Bonchev–Trinajstić information content (AvgIpc) is 2.79. The highest BCUT2D eigenvalue weighted by molar-refractivity contribution is 5.73. The van der Waals surface area contributed by atoms with E-state index in [1.165, 1.54) is 103 Å². The third-order valence-electron chi connectivity index (χ3n) is 6.76. The Balaban J connectivity index is 0. The summed E-state index contributed by atoms with van der Waals surface area (Å²) in [6.45, 7) is 14.2. The number of carboxylic acids is 1. The number of aliphatic carboxylic acids is 1. The Labute approximate surface area is 225 Å². The zero-order valence-electron chi connectivity index (χ0n) is 25.5. The molecular formula is C32H64O4. The van der Waals surface area contributed by atoms with Gasteiger partial charge in [0.05, 0.1) is 11.5 Å². The van der Waals surface area contributed by atoms with Gasteiger partial charge in [0.15, 0.2) is 0 Å². The minimum Gasteiger partial charge on any atom is -0.481 e. The Bertz CT molecular complexity index is 496. The Morgan fingerprint density at radius 1 is 0.667 bits per heavy atom. The lowest BCUT2D eigenvalue weighted by molar-refractivity contribution is -0.148. The molecule has 1 N–H and O–H groups in total. The van der Waals surface area contributed by atoms with Crippen molar-refractivity contribution >= 4 is 11.9 Å². The van der Waals surface area contributed by atoms with Crippen molar-refractivity contribution in [1.82, 2.24) is 0 Å². The summed E-state index contributed by atoms with van der Waals surface area (Å²) in [6.07, 6.45) is 24.7. The van der Waals surface area contributed by atoms with Gasteiger partial charge in [0.1, 0.15) is 0 Å². The SMILES string of the molecule is CC(C)CCCCCCCCC(C)(C)C(=O)O.CCCCCCCCCCCCCC(=O)OC(C)C. The van der Waals surface area contributed by atoms with Crippen molar-refractivity contribution in [2.24, 2.45) is 11.3 Å². The molecule has 0 unspecified atom stereocenters. The molecule has 0 saturated carbocycles. The zero-order chi connectivity index (χ0) is 27.7. The summed E-state index contributed by atoms with van der Waals surface area (Å²) in [5.41, 5.74) is -0.544. The summed E-state index contributed by atoms with van der Waals surface area (Å²) in [7, 11) is 0. The minimum absolute atomic E-state index is 0.0280. The van der Waals surface area contributed by atoms with E-state index in [2.05, 4.69) is 20.8 Å². The number of esters is 1. The van der Waals surface area contributed by atoms with Crippen LogP contribution in [0.15, 0.2) is 0 Å². The van der Waals surface area contributed by atoms with E-state index in [9.17, 15) is 9.59 Å². The summed E-state index contributed by atoms with van der Waals surface area (Å²) in [4.78, 5) is 22.2. The predicted octanol–water partition coefficient (Wildman–Crippen LogP) is 10.5. The molecule has 4 heteroatoms. The molecule has 0 rings (SSSR count). The fourth-order valence-corrected chi connectivity index (χ4v) is 4.19. The lowest BCUT2D eigenvalue weighted by Gasteiger charge is -2.18. The van der Waals surface area contributed by atoms with Crippen molar-refractivity contribution in [3.8, 4) is 0 Å². The highest BCUT2D eigenvalue weighted by Gasteiger charge is 2.25. The van der Waals surface area contributed by atoms with Crippen LogP contribution in [0.5, 0.6) is 0 Å². The van der Waals surface area contributed by atoms with Gasteiger partial charge >= 0.3 is 11.9 Å². The van der Waals surface area contributed by atoms with Crippen molar-refractivity contribution in [2.75, 3.05) is 0 Å². The maximum atomic E-state index is 11.3. The fourth-order valence-electron chi connectivity index (χ4n) is 4.19. The van der Waals surface area contributed by atoms with Gasteiger partial charge in [-0.3, -0.25) is 9.59 Å². The topological polar surface area (TPSA) is 63.6 Å². The molecule has 0 aromatic rings. The molecule has 0 aliphatic rings.